The number of halogens is 1. The highest BCUT2D eigenvalue weighted by Crippen LogP contribution is 2.26. The minimum Gasteiger partial charge on any atom is -0.352 e. The number of carbonyl (C=O) groups is 2. The molecular weight excluding hydrogens is 551 g/mol. The Balaban J connectivity index is 2.06. The third-order valence-corrected chi connectivity index (χ3v) is 8.40. The highest BCUT2D eigenvalue weighted by Gasteiger charge is 2.34. The average Bonchev–Trinajstić information content (AvgIpc) is 2.97. The molecule has 0 radical (unpaired) electrons. The largest absolute Gasteiger partial charge is 0.352 e. The van der Waals surface area contributed by atoms with E-state index in [-0.39, 0.29) is 35.3 Å². The molecule has 0 heterocycles. The fourth-order valence-corrected chi connectivity index (χ4v) is 5.57. The van der Waals surface area contributed by atoms with Crippen LogP contribution in [0.15, 0.2) is 83.8 Å². The Morgan fingerprint density at radius 1 is 0.951 bits per heavy atom. The van der Waals surface area contributed by atoms with Gasteiger partial charge in [0.15, 0.2) is 0 Å². The number of nitrogens with zero attached hydrogens (tertiary/aromatic N) is 3. The van der Waals surface area contributed by atoms with Gasteiger partial charge in [-0.2, -0.15) is 0 Å². The lowest BCUT2D eigenvalue weighted by Crippen LogP contribution is -2.53. The second-order valence-electron chi connectivity index (χ2n) is 9.49. The molecule has 0 bridgehead atoms. The summed E-state index contributed by atoms with van der Waals surface area (Å²) in [5, 5.41) is 14.1. The summed E-state index contributed by atoms with van der Waals surface area (Å²) in [7, 11) is -4.30. The van der Waals surface area contributed by atoms with E-state index in [1.165, 1.54) is 65.6 Å². The predicted octanol–water partition coefficient (Wildman–Crippen LogP) is 4.65. The average molecular weight is 585 g/mol. The fraction of sp³-hybridized carbons (Fsp3) is 0.310. The maximum absolute atomic E-state index is 14.0. The van der Waals surface area contributed by atoms with E-state index in [0.29, 0.717) is 12.0 Å². The number of rotatable bonds is 13. The van der Waals surface area contributed by atoms with Crippen molar-refractivity contribution in [2.24, 2.45) is 0 Å². The normalized spacial score (nSPS) is 12.7. The van der Waals surface area contributed by atoms with Crippen molar-refractivity contribution in [1.29, 1.82) is 0 Å². The lowest BCUT2D eigenvalue weighted by atomic mass is 10.1. The van der Waals surface area contributed by atoms with Crippen LogP contribution in [0.5, 0.6) is 0 Å². The molecule has 3 aromatic rings. The van der Waals surface area contributed by atoms with Gasteiger partial charge in [-0.05, 0) is 61.7 Å². The van der Waals surface area contributed by atoms with Crippen molar-refractivity contribution in [3.63, 3.8) is 0 Å². The van der Waals surface area contributed by atoms with E-state index in [9.17, 15) is 32.5 Å². The molecule has 0 unspecified atom stereocenters. The van der Waals surface area contributed by atoms with Gasteiger partial charge in [0.25, 0.3) is 15.7 Å². The fourth-order valence-electron chi connectivity index (χ4n) is 4.14. The van der Waals surface area contributed by atoms with Gasteiger partial charge in [-0.15, -0.1) is 0 Å². The van der Waals surface area contributed by atoms with E-state index in [1.807, 2.05) is 13.8 Å². The zero-order valence-electron chi connectivity index (χ0n) is 23.1. The molecule has 0 aromatic heterocycles. The number of hydrogen-bond acceptors (Lipinski definition) is 6. The molecule has 1 N–H and O–H groups in total. The van der Waals surface area contributed by atoms with E-state index < -0.39 is 45.2 Å². The molecule has 0 saturated carbocycles. The number of sulfonamides is 1. The second-order valence-corrected chi connectivity index (χ2v) is 11.4. The number of amides is 2. The Hall–Kier alpha value is -4.32. The zero-order chi connectivity index (χ0) is 30.2. The SMILES string of the molecule is CC[C@@H](C)NC(=O)[C@H](CC)N(Cc1ccc(F)cc1)C(=O)CN(c1ccc([N+](=O)[O-])cc1)S(=O)(=O)c1ccccc1. The number of carbonyl (C=O) groups excluding carboxylic acids is 2. The van der Waals surface area contributed by atoms with Gasteiger partial charge >= 0.3 is 0 Å². The summed E-state index contributed by atoms with van der Waals surface area (Å²) in [6, 6.07) is 16.6. The van der Waals surface area contributed by atoms with Crippen LogP contribution in [-0.4, -0.2) is 48.7 Å². The first-order chi connectivity index (χ1) is 19.5. The third kappa shape index (κ3) is 7.88. The van der Waals surface area contributed by atoms with Crippen LogP contribution in [0, 0.1) is 15.9 Å². The number of benzene rings is 3. The summed E-state index contributed by atoms with van der Waals surface area (Å²) < 4.78 is 42.0. The number of anilines is 1. The van der Waals surface area contributed by atoms with Crippen LogP contribution < -0.4 is 9.62 Å². The maximum atomic E-state index is 14.0. The highest BCUT2D eigenvalue weighted by atomic mass is 32.2. The smallest absolute Gasteiger partial charge is 0.269 e. The topological polar surface area (TPSA) is 130 Å². The molecular formula is C29H33FN4O6S. The Morgan fingerprint density at radius 3 is 2.10 bits per heavy atom. The van der Waals surface area contributed by atoms with E-state index in [0.717, 1.165) is 16.4 Å². The van der Waals surface area contributed by atoms with E-state index in [2.05, 4.69) is 5.32 Å². The van der Waals surface area contributed by atoms with Gasteiger partial charge in [0.1, 0.15) is 18.4 Å². The lowest BCUT2D eigenvalue weighted by Gasteiger charge is -2.33. The molecule has 0 spiro atoms. The van der Waals surface area contributed by atoms with Crippen molar-refractivity contribution < 1.29 is 27.3 Å². The number of hydrogen-bond donors (Lipinski definition) is 1. The molecule has 10 nitrogen and oxygen atoms in total. The molecule has 0 aliphatic heterocycles. The standard InChI is InChI=1S/C29H33FN4O6S/c1-4-21(3)31-29(36)27(5-2)32(19-22-11-13-23(30)14-12-22)28(35)20-33(24-15-17-25(18-16-24)34(37)38)41(39,40)26-9-7-6-8-10-26/h6-18,21,27H,4-5,19-20H2,1-3H3,(H,31,36)/t21-,27+/m1/s1. The van der Waals surface area contributed by atoms with Gasteiger partial charge in [-0.3, -0.25) is 24.0 Å². The Labute approximate surface area is 239 Å². The van der Waals surface area contributed by atoms with Gasteiger partial charge in [0, 0.05) is 24.7 Å². The number of nitrogens with one attached hydrogen (secondary N) is 1. The summed E-state index contributed by atoms with van der Waals surface area (Å²) in [4.78, 5) is 39.0. The molecule has 3 rings (SSSR count). The van der Waals surface area contributed by atoms with E-state index >= 15 is 0 Å². The van der Waals surface area contributed by atoms with Crippen molar-refractivity contribution in [2.75, 3.05) is 10.8 Å². The lowest BCUT2D eigenvalue weighted by molar-refractivity contribution is -0.384. The molecule has 12 heteroatoms. The minimum atomic E-state index is -4.30. The van der Waals surface area contributed by atoms with Gasteiger partial charge in [0.2, 0.25) is 11.8 Å². The van der Waals surface area contributed by atoms with Crippen LogP contribution >= 0.6 is 0 Å². The predicted molar refractivity (Wildman–Crippen MR) is 153 cm³/mol. The van der Waals surface area contributed by atoms with Crippen LogP contribution in [0.1, 0.15) is 39.2 Å². The van der Waals surface area contributed by atoms with Crippen LogP contribution in [0.2, 0.25) is 0 Å². The monoisotopic (exact) mass is 584 g/mol. The molecule has 0 fully saturated rings. The van der Waals surface area contributed by atoms with Crippen molar-refractivity contribution in [3.8, 4) is 0 Å². The first-order valence-electron chi connectivity index (χ1n) is 13.1. The van der Waals surface area contributed by atoms with Crippen LogP contribution in [-0.2, 0) is 26.2 Å². The molecule has 41 heavy (non-hydrogen) atoms. The highest BCUT2D eigenvalue weighted by molar-refractivity contribution is 7.92. The van der Waals surface area contributed by atoms with Gasteiger partial charge in [-0.25, -0.2) is 12.8 Å². The van der Waals surface area contributed by atoms with Gasteiger partial charge in [0.05, 0.1) is 15.5 Å². The molecule has 218 valence electrons. The minimum absolute atomic E-state index is 0.0339. The molecule has 0 aliphatic rings. The Kier molecular flexibility index (Phi) is 10.5. The number of nitro benzene ring substituents is 1. The van der Waals surface area contributed by atoms with Crippen molar-refractivity contribution >= 4 is 33.2 Å². The molecule has 2 amide bonds. The summed E-state index contributed by atoms with van der Waals surface area (Å²) >= 11 is 0. The summed E-state index contributed by atoms with van der Waals surface area (Å²) in [6.45, 7) is 4.71. The third-order valence-electron chi connectivity index (χ3n) is 6.61. The van der Waals surface area contributed by atoms with Crippen molar-refractivity contribution in [2.45, 2.75) is 57.1 Å². The zero-order valence-corrected chi connectivity index (χ0v) is 23.9. The molecule has 3 aromatic carbocycles. The number of nitro groups is 1. The van der Waals surface area contributed by atoms with Crippen LogP contribution in [0.3, 0.4) is 0 Å². The van der Waals surface area contributed by atoms with Crippen LogP contribution in [0.25, 0.3) is 0 Å². The quantitative estimate of drug-likeness (QED) is 0.230. The van der Waals surface area contributed by atoms with E-state index in [4.69, 9.17) is 0 Å². The van der Waals surface area contributed by atoms with Crippen LogP contribution in [0.4, 0.5) is 15.8 Å². The first kappa shape index (κ1) is 31.2. The summed E-state index contributed by atoms with van der Waals surface area (Å²) in [5.74, 6) is -1.55. The van der Waals surface area contributed by atoms with Crippen molar-refractivity contribution in [3.05, 3.63) is 100 Å². The molecule has 0 saturated heterocycles. The van der Waals surface area contributed by atoms with Crippen molar-refractivity contribution in [1.82, 2.24) is 10.2 Å². The molecule has 0 aliphatic carbocycles. The summed E-state index contributed by atoms with van der Waals surface area (Å²) in [6.07, 6.45) is 0.898. The van der Waals surface area contributed by atoms with Gasteiger partial charge in [-0.1, -0.05) is 44.2 Å². The van der Waals surface area contributed by atoms with Gasteiger partial charge < -0.3 is 10.2 Å². The Bertz CT molecular complexity index is 1450. The summed E-state index contributed by atoms with van der Waals surface area (Å²) in [5.41, 5.74) is 0.330. The molecule has 2 atom stereocenters. The second kappa shape index (κ2) is 13.8. The van der Waals surface area contributed by atoms with E-state index in [1.54, 1.807) is 13.0 Å². The number of non-ortho nitro benzene ring substituents is 1. The Morgan fingerprint density at radius 2 is 1.56 bits per heavy atom. The first-order valence-corrected chi connectivity index (χ1v) is 14.6. The maximum Gasteiger partial charge on any atom is 0.269 e.